The first-order valence-corrected chi connectivity index (χ1v) is 10.7. The lowest BCUT2D eigenvalue weighted by molar-refractivity contribution is -0.141. The fourth-order valence-corrected chi connectivity index (χ4v) is 7.66. The van der Waals surface area contributed by atoms with Crippen LogP contribution in [0.5, 0.6) is 5.75 Å². The van der Waals surface area contributed by atoms with Crippen LogP contribution in [0.4, 0.5) is 0 Å². The van der Waals surface area contributed by atoms with Crippen molar-refractivity contribution in [1.29, 1.82) is 0 Å². The van der Waals surface area contributed by atoms with E-state index in [2.05, 4.69) is 23.1 Å². The summed E-state index contributed by atoms with van der Waals surface area (Å²) in [6.45, 7) is 1.02. The number of hydrogen-bond acceptors (Lipinski definition) is 2. The number of amides is 1. The molecule has 3 nitrogen and oxygen atoms in total. The highest BCUT2D eigenvalue weighted by atomic mass is 16.5. The van der Waals surface area contributed by atoms with Crippen molar-refractivity contribution in [3.8, 4) is 5.75 Å². The second-order valence-electron chi connectivity index (χ2n) is 9.82. The quantitative estimate of drug-likeness (QED) is 0.813. The molecule has 1 amide bonds. The third-order valence-corrected chi connectivity index (χ3v) is 8.47. The van der Waals surface area contributed by atoms with Gasteiger partial charge in [0.05, 0.1) is 7.11 Å². The molecule has 138 valence electrons. The predicted octanol–water partition coefficient (Wildman–Crippen LogP) is 3.69. The highest BCUT2D eigenvalue weighted by Gasteiger charge is 2.54. The van der Waals surface area contributed by atoms with Gasteiger partial charge < -0.3 is 9.64 Å². The van der Waals surface area contributed by atoms with Crippen LogP contribution in [-0.4, -0.2) is 30.5 Å². The van der Waals surface area contributed by atoms with Crippen molar-refractivity contribution in [2.24, 2.45) is 35.5 Å². The number of rotatable bonds is 2. The van der Waals surface area contributed by atoms with Gasteiger partial charge in [0.1, 0.15) is 5.75 Å². The van der Waals surface area contributed by atoms with Gasteiger partial charge in [-0.25, -0.2) is 0 Å². The Hall–Kier alpha value is -1.51. The third-order valence-electron chi connectivity index (χ3n) is 8.47. The maximum absolute atomic E-state index is 13.4. The van der Waals surface area contributed by atoms with Crippen LogP contribution in [0.1, 0.15) is 43.2 Å². The molecule has 2 unspecified atom stereocenters. The van der Waals surface area contributed by atoms with E-state index in [1.54, 1.807) is 7.11 Å². The molecule has 0 aromatic heterocycles. The lowest BCUT2D eigenvalue weighted by atomic mass is 9.54. The van der Waals surface area contributed by atoms with Gasteiger partial charge in [-0.05, 0) is 97.8 Å². The molecule has 7 rings (SSSR count). The van der Waals surface area contributed by atoms with Crippen LogP contribution in [0.2, 0.25) is 0 Å². The van der Waals surface area contributed by atoms with Crippen LogP contribution in [0.15, 0.2) is 18.2 Å². The summed E-state index contributed by atoms with van der Waals surface area (Å²) in [5, 5.41) is 0. The maximum Gasteiger partial charge on any atom is 0.226 e. The first-order chi connectivity index (χ1) is 12.7. The van der Waals surface area contributed by atoms with E-state index in [-0.39, 0.29) is 5.92 Å². The molecule has 1 aliphatic heterocycles. The summed E-state index contributed by atoms with van der Waals surface area (Å²) in [4.78, 5) is 15.8. The fraction of sp³-hybridized carbons (Fsp3) is 0.696. The highest BCUT2D eigenvalue weighted by molar-refractivity contribution is 5.82. The van der Waals surface area contributed by atoms with Crippen molar-refractivity contribution in [2.75, 3.05) is 13.7 Å². The van der Waals surface area contributed by atoms with Crippen molar-refractivity contribution in [3.63, 3.8) is 0 Å². The summed E-state index contributed by atoms with van der Waals surface area (Å²) in [5.41, 5.74) is 2.78. The molecule has 4 saturated carbocycles. The summed E-state index contributed by atoms with van der Waals surface area (Å²) < 4.78 is 5.40. The molecule has 5 fully saturated rings. The van der Waals surface area contributed by atoms with Crippen LogP contribution in [0.25, 0.3) is 0 Å². The zero-order chi connectivity index (χ0) is 17.4. The molecule has 26 heavy (non-hydrogen) atoms. The minimum absolute atomic E-state index is 0.215. The van der Waals surface area contributed by atoms with Crippen LogP contribution in [0.3, 0.4) is 0 Å². The standard InChI is InChI=1S/C23H29NO2/c1-26-20-3-2-15-9-19-12-24(23(25)21(19)11-16(15)10-20)22-17-5-13-4-14(7-17)8-18(22)6-13/h2-3,10,13-14,17-19,21-22H,4-9,11-12H2,1H3. The number of benzene rings is 1. The maximum atomic E-state index is 13.4. The van der Waals surface area contributed by atoms with Gasteiger partial charge in [0.2, 0.25) is 5.91 Å². The van der Waals surface area contributed by atoms with Crippen molar-refractivity contribution in [1.82, 2.24) is 4.90 Å². The molecule has 0 spiro atoms. The van der Waals surface area contributed by atoms with E-state index in [1.165, 1.54) is 43.2 Å². The van der Waals surface area contributed by atoms with E-state index in [9.17, 15) is 4.79 Å². The molecule has 4 bridgehead atoms. The highest BCUT2D eigenvalue weighted by Crippen LogP contribution is 2.56. The zero-order valence-corrected chi connectivity index (χ0v) is 15.7. The van der Waals surface area contributed by atoms with E-state index >= 15 is 0 Å². The van der Waals surface area contributed by atoms with Crippen molar-refractivity contribution >= 4 is 5.91 Å². The molecule has 1 saturated heterocycles. The van der Waals surface area contributed by atoms with Gasteiger partial charge in [-0.1, -0.05) is 6.07 Å². The first kappa shape index (κ1) is 15.5. The predicted molar refractivity (Wildman–Crippen MR) is 99.9 cm³/mol. The summed E-state index contributed by atoms with van der Waals surface area (Å²) in [5.74, 6) is 5.70. The lowest BCUT2D eigenvalue weighted by Crippen LogP contribution is -2.56. The Kier molecular flexibility index (Phi) is 3.29. The Bertz CT molecular complexity index is 729. The van der Waals surface area contributed by atoms with E-state index in [0.29, 0.717) is 17.9 Å². The summed E-state index contributed by atoms with van der Waals surface area (Å²) in [6.07, 6.45) is 9.06. The van der Waals surface area contributed by atoms with Crippen LogP contribution in [0, 0.1) is 35.5 Å². The molecule has 0 N–H and O–H groups in total. The van der Waals surface area contributed by atoms with E-state index in [0.717, 1.165) is 48.8 Å². The van der Waals surface area contributed by atoms with Gasteiger partial charge in [0, 0.05) is 18.5 Å². The number of hydrogen-bond donors (Lipinski definition) is 0. The normalized spacial score (nSPS) is 42.7. The van der Waals surface area contributed by atoms with E-state index in [4.69, 9.17) is 4.74 Å². The van der Waals surface area contributed by atoms with Gasteiger partial charge in [-0.2, -0.15) is 0 Å². The topological polar surface area (TPSA) is 29.5 Å². The second-order valence-corrected chi connectivity index (χ2v) is 9.82. The number of methoxy groups -OCH3 is 1. The SMILES string of the molecule is COc1ccc2c(c1)CC1C(=O)N(C3C4CC5CC(C4)CC3C5)CC1C2. The molecule has 3 heteroatoms. The smallest absolute Gasteiger partial charge is 0.226 e. The number of fused-ring (bicyclic) bond motifs is 2. The Morgan fingerprint density at radius 2 is 1.65 bits per heavy atom. The first-order valence-electron chi connectivity index (χ1n) is 10.7. The largest absolute Gasteiger partial charge is 0.497 e. The molecule has 1 aromatic carbocycles. The molecule has 1 heterocycles. The molecular formula is C23H29NO2. The molecule has 5 aliphatic carbocycles. The minimum atomic E-state index is 0.215. The molecule has 2 atom stereocenters. The average Bonchev–Trinajstić information content (AvgIpc) is 2.94. The molecule has 0 radical (unpaired) electrons. The zero-order valence-electron chi connectivity index (χ0n) is 15.7. The molecule has 1 aromatic rings. The molecular weight excluding hydrogens is 322 g/mol. The molecule has 6 aliphatic rings. The minimum Gasteiger partial charge on any atom is -0.497 e. The Morgan fingerprint density at radius 1 is 0.923 bits per heavy atom. The van der Waals surface area contributed by atoms with Gasteiger partial charge in [-0.15, -0.1) is 0 Å². The van der Waals surface area contributed by atoms with Crippen LogP contribution in [-0.2, 0) is 17.6 Å². The van der Waals surface area contributed by atoms with Gasteiger partial charge in [0.15, 0.2) is 0 Å². The summed E-state index contributed by atoms with van der Waals surface area (Å²) in [6, 6.07) is 7.02. The third kappa shape index (κ3) is 2.15. The Labute approximate surface area is 156 Å². The van der Waals surface area contributed by atoms with Crippen LogP contribution >= 0.6 is 0 Å². The lowest BCUT2D eigenvalue weighted by Gasteiger charge is -2.56. The van der Waals surface area contributed by atoms with Gasteiger partial charge >= 0.3 is 0 Å². The monoisotopic (exact) mass is 351 g/mol. The van der Waals surface area contributed by atoms with Crippen LogP contribution < -0.4 is 4.74 Å². The Morgan fingerprint density at radius 3 is 2.35 bits per heavy atom. The van der Waals surface area contributed by atoms with Gasteiger partial charge in [0.25, 0.3) is 0 Å². The van der Waals surface area contributed by atoms with Crippen molar-refractivity contribution < 1.29 is 9.53 Å². The van der Waals surface area contributed by atoms with Crippen molar-refractivity contribution in [3.05, 3.63) is 29.3 Å². The number of nitrogens with zero attached hydrogens (tertiary/aromatic N) is 1. The number of carbonyl (C=O) groups excluding carboxylic acids is 1. The average molecular weight is 351 g/mol. The second kappa shape index (κ2) is 5.50. The van der Waals surface area contributed by atoms with E-state index < -0.39 is 0 Å². The van der Waals surface area contributed by atoms with E-state index in [1.807, 2.05) is 0 Å². The summed E-state index contributed by atoms with van der Waals surface area (Å²) in [7, 11) is 1.72. The van der Waals surface area contributed by atoms with Crippen molar-refractivity contribution in [2.45, 2.75) is 51.0 Å². The number of ether oxygens (including phenoxy) is 1. The summed E-state index contributed by atoms with van der Waals surface area (Å²) >= 11 is 0. The fourth-order valence-electron chi connectivity index (χ4n) is 7.66. The van der Waals surface area contributed by atoms with Gasteiger partial charge in [-0.3, -0.25) is 4.79 Å². The Balaban J connectivity index is 1.27. The number of carbonyl (C=O) groups is 1. The number of likely N-dealkylation sites (tertiary alicyclic amines) is 1.